The van der Waals surface area contributed by atoms with Crippen LogP contribution in [0.1, 0.15) is 42.6 Å². The lowest BCUT2D eigenvalue weighted by Gasteiger charge is -2.22. The summed E-state index contributed by atoms with van der Waals surface area (Å²) in [4.78, 5) is 37.0. The number of anilines is 1. The van der Waals surface area contributed by atoms with E-state index in [-0.39, 0.29) is 21.9 Å². The molecule has 6 nitrogen and oxygen atoms in total. The summed E-state index contributed by atoms with van der Waals surface area (Å²) in [5, 5.41) is 12.1. The smallest absolute Gasteiger partial charge is 0.301 e. The van der Waals surface area contributed by atoms with E-state index in [0.717, 1.165) is 15.8 Å². The standard InChI is InChI=1S/C26H19Cl2N3O3S/c1-13(2)14-7-9-18-20(12-14)35-26(30-18)31-22(19-5-3-4-10-29-19)21(24(33)25(31)34)23(32)15-6-8-16(27)17(28)11-15/h3-13,22,32H,1-2H3/b23-21+. The third-order valence-electron chi connectivity index (χ3n) is 5.88. The molecule has 1 fully saturated rings. The van der Waals surface area contributed by atoms with Crippen LogP contribution >= 0.6 is 34.5 Å². The van der Waals surface area contributed by atoms with Crippen molar-refractivity contribution in [3.63, 3.8) is 0 Å². The van der Waals surface area contributed by atoms with Crippen molar-refractivity contribution in [3.8, 4) is 0 Å². The van der Waals surface area contributed by atoms with Gasteiger partial charge in [0.25, 0.3) is 5.78 Å². The molecule has 0 saturated carbocycles. The fraction of sp³-hybridized carbons (Fsp3) is 0.154. The number of hydrogen-bond donors (Lipinski definition) is 1. The van der Waals surface area contributed by atoms with Crippen LogP contribution in [0.4, 0.5) is 5.13 Å². The Labute approximate surface area is 215 Å². The Morgan fingerprint density at radius 2 is 1.86 bits per heavy atom. The summed E-state index contributed by atoms with van der Waals surface area (Å²) in [6.45, 7) is 4.21. The summed E-state index contributed by atoms with van der Waals surface area (Å²) >= 11 is 13.5. The van der Waals surface area contributed by atoms with Crippen LogP contribution in [-0.4, -0.2) is 26.8 Å². The molecule has 1 unspecified atom stereocenters. The summed E-state index contributed by atoms with van der Waals surface area (Å²) in [5.41, 5.74) is 2.48. The Hall–Kier alpha value is -3.26. The monoisotopic (exact) mass is 523 g/mol. The Bertz CT molecular complexity index is 1520. The van der Waals surface area contributed by atoms with Crippen LogP contribution < -0.4 is 4.90 Å². The van der Waals surface area contributed by atoms with Gasteiger partial charge < -0.3 is 5.11 Å². The Morgan fingerprint density at radius 3 is 2.54 bits per heavy atom. The van der Waals surface area contributed by atoms with Crippen molar-refractivity contribution in [1.29, 1.82) is 0 Å². The highest BCUT2D eigenvalue weighted by atomic mass is 35.5. The number of rotatable bonds is 4. The molecule has 9 heteroatoms. The summed E-state index contributed by atoms with van der Waals surface area (Å²) < 4.78 is 0.900. The SMILES string of the molecule is CC(C)c1ccc2nc(N3C(=O)C(=O)/C(=C(/O)c4ccc(Cl)c(Cl)c4)C3c3ccccn3)sc2c1. The fourth-order valence-corrected chi connectivity index (χ4v) is 5.38. The zero-order valence-electron chi connectivity index (χ0n) is 18.7. The summed E-state index contributed by atoms with van der Waals surface area (Å²) in [6.07, 6.45) is 1.57. The lowest BCUT2D eigenvalue weighted by atomic mass is 9.98. The molecular formula is C26H19Cl2N3O3S. The van der Waals surface area contributed by atoms with Gasteiger partial charge in [-0.15, -0.1) is 0 Å². The molecule has 4 aromatic rings. The highest BCUT2D eigenvalue weighted by Crippen LogP contribution is 2.44. The number of aliphatic hydroxyl groups is 1. The molecule has 5 rings (SSSR count). The van der Waals surface area contributed by atoms with E-state index in [9.17, 15) is 14.7 Å². The molecule has 2 aromatic heterocycles. The first-order chi connectivity index (χ1) is 16.8. The van der Waals surface area contributed by atoms with Crippen molar-refractivity contribution in [2.24, 2.45) is 0 Å². The zero-order valence-corrected chi connectivity index (χ0v) is 21.0. The molecule has 0 aliphatic carbocycles. The number of aliphatic hydroxyl groups excluding tert-OH is 1. The normalized spacial score (nSPS) is 17.6. The number of aromatic nitrogens is 2. The van der Waals surface area contributed by atoms with Gasteiger partial charge in [-0.3, -0.25) is 19.5 Å². The summed E-state index contributed by atoms with van der Waals surface area (Å²) in [6, 6.07) is 14.7. The third kappa shape index (κ3) is 4.10. The molecule has 1 aliphatic heterocycles. The topological polar surface area (TPSA) is 83.4 Å². The van der Waals surface area contributed by atoms with Gasteiger partial charge in [-0.05, 0) is 53.9 Å². The van der Waals surface area contributed by atoms with Crippen molar-refractivity contribution >= 4 is 67.3 Å². The predicted molar refractivity (Wildman–Crippen MR) is 139 cm³/mol. The molecule has 1 saturated heterocycles. The van der Waals surface area contributed by atoms with E-state index in [4.69, 9.17) is 23.2 Å². The van der Waals surface area contributed by atoms with Crippen LogP contribution in [0.2, 0.25) is 10.0 Å². The minimum Gasteiger partial charge on any atom is -0.507 e. The highest BCUT2D eigenvalue weighted by Gasteiger charge is 2.48. The van der Waals surface area contributed by atoms with Crippen LogP contribution in [-0.2, 0) is 9.59 Å². The van der Waals surface area contributed by atoms with Gasteiger partial charge in [0.1, 0.15) is 11.8 Å². The molecule has 3 heterocycles. The molecule has 2 aromatic carbocycles. The van der Waals surface area contributed by atoms with Crippen LogP contribution in [0.25, 0.3) is 16.0 Å². The number of carbonyl (C=O) groups excluding carboxylic acids is 2. The number of carbonyl (C=O) groups is 2. The second-order valence-electron chi connectivity index (χ2n) is 8.43. The maximum absolute atomic E-state index is 13.3. The first-order valence-corrected chi connectivity index (χ1v) is 12.4. The molecule has 1 atom stereocenters. The molecule has 35 heavy (non-hydrogen) atoms. The number of benzene rings is 2. The van der Waals surface area contributed by atoms with Gasteiger partial charge in [0.2, 0.25) is 0 Å². The van der Waals surface area contributed by atoms with Crippen molar-refractivity contribution in [2.45, 2.75) is 25.8 Å². The number of ketones is 1. The zero-order chi connectivity index (χ0) is 24.9. The van der Waals surface area contributed by atoms with E-state index in [1.807, 2.05) is 18.2 Å². The number of Topliss-reactive ketones (excluding diaryl/α,β-unsaturated/α-hetero) is 1. The number of thiazole rings is 1. The molecule has 1 N–H and O–H groups in total. The molecule has 0 bridgehead atoms. The van der Waals surface area contributed by atoms with Gasteiger partial charge in [-0.1, -0.05) is 60.5 Å². The first kappa shape index (κ1) is 23.5. The molecule has 1 amide bonds. The molecule has 0 radical (unpaired) electrons. The second kappa shape index (κ2) is 9.07. The first-order valence-electron chi connectivity index (χ1n) is 10.8. The van der Waals surface area contributed by atoms with E-state index >= 15 is 0 Å². The minimum atomic E-state index is -0.962. The lowest BCUT2D eigenvalue weighted by molar-refractivity contribution is -0.132. The highest BCUT2D eigenvalue weighted by molar-refractivity contribution is 7.22. The van der Waals surface area contributed by atoms with E-state index in [1.54, 1.807) is 24.4 Å². The Balaban J connectivity index is 1.70. The average molecular weight is 524 g/mol. The van der Waals surface area contributed by atoms with Crippen molar-refractivity contribution in [1.82, 2.24) is 9.97 Å². The number of nitrogens with zero attached hydrogens (tertiary/aromatic N) is 3. The van der Waals surface area contributed by atoms with Crippen LogP contribution in [0, 0.1) is 0 Å². The average Bonchev–Trinajstić information content (AvgIpc) is 3.38. The van der Waals surface area contributed by atoms with Gasteiger partial charge >= 0.3 is 5.91 Å². The van der Waals surface area contributed by atoms with Crippen molar-refractivity contribution in [2.75, 3.05) is 4.90 Å². The van der Waals surface area contributed by atoms with Crippen LogP contribution in [0.15, 0.2) is 66.4 Å². The van der Waals surface area contributed by atoms with Gasteiger partial charge in [-0.25, -0.2) is 4.98 Å². The van der Waals surface area contributed by atoms with Gasteiger partial charge in [0.05, 0.1) is 31.5 Å². The Kier molecular flexibility index (Phi) is 6.09. The number of halogens is 2. The van der Waals surface area contributed by atoms with Crippen molar-refractivity contribution in [3.05, 3.63) is 93.2 Å². The minimum absolute atomic E-state index is 0.0887. The quantitative estimate of drug-likeness (QED) is 0.181. The van der Waals surface area contributed by atoms with Crippen molar-refractivity contribution < 1.29 is 14.7 Å². The van der Waals surface area contributed by atoms with Gasteiger partial charge in [0.15, 0.2) is 5.13 Å². The Morgan fingerprint density at radius 1 is 1.06 bits per heavy atom. The largest absolute Gasteiger partial charge is 0.507 e. The van der Waals surface area contributed by atoms with E-state index in [1.165, 1.54) is 34.4 Å². The molecule has 1 aliphatic rings. The van der Waals surface area contributed by atoms with Gasteiger partial charge in [-0.2, -0.15) is 0 Å². The number of hydrogen-bond acceptors (Lipinski definition) is 6. The second-order valence-corrected chi connectivity index (χ2v) is 10.3. The molecular weight excluding hydrogens is 505 g/mol. The maximum Gasteiger partial charge on any atom is 0.301 e. The van der Waals surface area contributed by atoms with Crippen LogP contribution in [0.5, 0.6) is 0 Å². The molecule has 176 valence electrons. The number of fused-ring (bicyclic) bond motifs is 1. The van der Waals surface area contributed by atoms with Crippen LogP contribution in [0.3, 0.4) is 0 Å². The fourth-order valence-electron chi connectivity index (χ4n) is 4.04. The predicted octanol–water partition coefficient (Wildman–Crippen LogP) is 6.75. The number of amides is 1. The molecule has 0 spiro atoms. The maximum atomic E-state index is 13.3. The van der Waals surface area contributed by atoms with E-state index < -0.39 is 17.7 Å². The van der Waals surface area contributed by atoms with E-state index in [2.05, 4.69) is 23.8 Å². The lowest BCUT2D eigenvalue weighted by Crippen LogP contribution is -2.29. The number of pyridine rings is 1. The van der Waals surface area contributed by atoms with Gasteiger partial charge in [0, 0.05) is 11.8 Å². The summed E-state index contributed by atoms with van der Waals surface area (Å²) in [5.74, 6) is -1.64. The third-order valence-corrected chi connectivity index (χ3v) is 7.64. The summed E-state index contributed by atoms with van der Waals surface area (Å²) in [7, 11) is 0. The van der Waals surface area contributed by atoms with E-state index in [0.29, 0.717) is 21.8 Å².